The Balaban J connectivity index is 1.58. The highest BCUT2D eigenvalue weighted by Gasteiger charge is 2.31. The summed E-state index contributed by atoms with van der Waals surface area (Å²) in [5.41, 5.74) is 2.72. The standard InChI is InChI=1S/C23H21F3N4O4S/c1-35(31,32)9-7-29-12-14(11-27-29)16-13-30-20(10-17(16)24)28-18-6-8-33-22(21(18)30)15-4-2-3-5-19(15)34-23(25)26/h2-5,10-13,22-23H,6-9H2,1H3. The number of fused-ring (bicyclic) bond motifs is 3. The second kappa shape index (κ2) is 9.00. The molecule has 0 spiro atoms. The number of imidazole rings is 1. The van der Waals surface area contributed by atoms with E-state index in [1.54, 1.807) is 35.0 Å². The van der Waals surface area contributed by atoms with E-state index in [9.17, 15) is 17.2 Å². The lowest BCUT2D eigenvalue weighted by Crippen LogP contribution is -2.20. The summed E-state index contributed by atoms with van der Waals surface area (Å²) in [4.78, 5) is 4.54. The van der Waals surface area contributed by atoms with E-state index in [0.717, 1.165) is 6.26 Å². The zero-order chi connectivity index (χ0) is 24.7. The predicted octanol–water partition coefficient (Wildman–Crippen LogP) is 3.65. The number of alkyl halides is 2. The van der Waals surface area contributed by atoms with Crippen LogP contribution in [0.4, 0.5) is 13.2 Å². The third-order valence-electron chi connectivity index (χ3n) is 5.75. The molecule has 1 aromatic carbocycles. The van der Waals surface area contributed by atoms with Gasteiger partial charge in [0.2, 0.25) is 0 Å². The number of halogens is 3. The number of nitrogens with zero attached hydrogens (tertiary/aromatic N) is 4. The van der Waals surface area contributed by atoms with Gasteiger partial charge < -0.3 is 9.47 Å². The quantitative estimate of drug-likeness (QED) is 0.380. The van der Waals surface area contributed by atoms with Crippen molar-refractivity contribution >= 4 is 15.5 Å². The zero-order valence-electron chi connectivity index (χ0n) is 18.6. The van der Waals surface area contributed by atoms with Gasteiger partial charge in [-0.15, -0.1) is 0 Å². The van der Waals surface area contributed by atoms with E-state index in [-0.39, 0.29) is 23.6 Å². The number of hydrogen-bond acceptors (Lipinski definition) is 6. The Morgan fingerprint density at radius 3 is 2.83 bits per heavy atom. The van der Waals surface area contributed by atoms with Gasteiger partial charge in [0.05, 0.1) is 36.5 Å². The highest BCUT2D eigenvalue weighted by atomic mass is 32.2. The van der Waals surface area contributed by atoms with E-state index < -0.39 is 28.4 Å². The van der Waals surface area contributed by atoms with Crippen molar-refractivity contribution < 1.29 is 31.1 Å². The highest BCUT2D eigenvalue weighted by Crippen LogP contribution is 2.39. The SMILES string of the molecule is CS(=O)(=O)CCn1cc(-c2cn3c4c(nc3cc2F)CCOC4c2ccccc2OC(F)F)cn1. The first-order valence-corrected chi connectivity index (χ1v) is 12.8. The van der Waals surface area contributed by atoms with Crippen molar-refractivity contribution in [3.05, 3.63) is 71.7 Å². The lowest BCUT2D eigenvalue weighted by molar-refractivity contribution is -0.0522. The molecule has 0 radical (unpaired) electrons. The predicted molar refractivity (Wildman–Crippen MR) is 121 cm³/mol. The van der Waals surface area contributed by atoms with E-state index >= 15 is 4.39 Å². The Hall–Kier alpha value is -3.38. The smallest absolute Gasteiger partial charge is 0.387 e. The average molecular weight is 507 g/mol. The summed E-state index contributed by atoms with van der Waals surface area (Å²) in [6.07, 6.45) is 5.45. The van der Waals surface area contributed by atoms with Crippen LogP contribution in [0.1, 0.15) is 23.1 Å². The van der Waals surface area contributed by atoms with E-state index in [0.29, 0.717) is 41.2 Å². The molecular weight excluding hydrogens is 485 g/mol. The second-order valence-electron chi connectivity index (χ2n) is 8.25. The average Bonchev–Trinajstić information content (AvgIpc) is 3.40. The van der Waals surface area contributed by atoms with Gasteiger partial charge in [-0.05, 0) is 6.07 Å². The Morgan fingerprint density at radius 1 is 1.26 bits per heavy atom. The van der Waals surface area contributed by atoms with Crippen LogP contribution in [0.5, 0.6) is 5.75 Å². The Morgan fingerprint density at radius 2 is 2.06 bits per heavy atom. The van der Waals surface area contributed by atoms with Crippen LogP contribution in [0.3, 0.4) is 0 Å². The van der Waals surface area contributed by atoms with E-state index in [2.05, 4.69) is 10.1 Å². The van der Waals surface area contributed by atoms with E-state index in [1.165, 1.54) is 23.0 Å². The Labute approximate surface area is 198 Å². The van der Waals surface area contributed by atoms with Crippen molar-refractivity contribution in [2.45, 2.75) is 25.7 Å². The first kappa shape index (κ1) is 23.4. The molecule has 0 fully saturated rings. The van der Waals surface area contributed by atoms with Crippen LogP contribution in [-0.4, -0.2) is 52.8 Å². The monoisotopic (exact) mass is 506 g/mol. The lowest BCUT2D eigenvalue weighted by atomic mass is 10.0. The van der Waals surface area contributed by atoms with Crippen molar-refractivity contribution in [2.24, 2.45) is 0 Å². The molecule has 0 saturated carbocycles. The fraction of sp³-hybridized carbons (Fsp3) is 0.304. The molecule has 1 aliphatic rings. The molecule has 184 valence electrons. The molecule has 3 aromatic heterocycles. The van der Waals surface area contributed by atoms with E-state index in [4.69, 9.17) is 9.47 Å². The number of aromatic nitrogens is 4. The van der Waals surface area contributed by atoms with Gasteiger partial charge >= 0.3 is 6.61 Å². The fourth-order valence-electron chi connectivity index (χ4n) is 4.18. The topological polar surface area (TPSA) is 87.7 Å². The Kier molecular flexibility index (Phi) is 6.01. The number of sulfone groups is 1. The number of ether oxygens (including phenoxy) is 2. The van der Waals surface area contributed by atoms with Crippen molar-refractivity contribution in [3.63, 3.8) is 0 Å². The molecule has 12 heteroatoms. The van der Waals surface area contributed by atoms with Gasteiger partial charge in [-0.3, -0.25) is 9.08 Å². The number of pyridine rings is 1. The van der Waals surface area contributed by atoms with Gasteiger partial charge in [-0.25, -0.2) is 17.8 Å². The van der Waals surface area contributed by atoms with Crippen molar-refractivity contribution in [1.82, 2.24) is 19.2 Å². The summed E-state index contributed by atoms with van der Waals surface area (Å²) >= 11 is 0. The summed E-state index contributed by atoms with van der Waals surface area (Å²) in [6.45, 7) is -2.55. The van der Waals surface area contributed by atoms with Crippen LogP contribution in [0.15, 0.2) is 48.9 Å². The minimum absolute atomic E-state index is 0.00946. The summed E-state index contributed by atoms with van der Waals surface area (Å²) in [5, 5.41) is 4.14. The maximum Gasteiger partial charge on any atom is 0.387 e. The van der Waals surface area contributed by atoms with Crippen LogP contribution in [0.2, 0.25) is 0 Å². The molecular formula is C23H21F3N4O4S. The third kappa shape index (κ3) is 4.76. The minimum atomic E-state index is -3.18. The summed E-state index contributed by atoms with van der Waals surface area (Å²) in [5.74, 6) is -0.629. The van der Waals surface area contributed by atoms with Gasteiger partial charge in [0.25, 0.3) is 0 Å². The molecule has 4 aromatic rings. The molecule has 1 unspecified atom stereocenters. The number of benzene rings is 1. The number of rotatable bonds is 7. The van der Waals surface area contributed by atoms with Crippen LogP contribution in [-0.2, 0) is 27.5 Å². The summed E-state index contributed by atoms with van der Waals surface area (Å²) in [7, 11) is -3.18. The first-order valence-electron chi connectivity index (χ1n) is 10.8. The van der Waals surface area contributed by atoms with Gasteiger partial charge in [0, 0.05) is 47.8 Å². The van der Waals surface area contributed by atoms with Gasteiger partial charge in [0.15, 0.2) is 0 Å². The van der Waals surface area contributed by atoms with Gasteiger partial charge in [0.1, 0.15) is 33.2 Å². The van der Waals surface area contributed by atoms with Crippen molar-refractivity contribution in [3.8, 4) is 16.9 Å². The fourth-order valence-corrected chi connectivity index (χ4v) is 4.70. The van der Waals surface area contributed by atoms with Crippen LogP contribution >= 0.6 is 0 Å². The normalized spacial score (nSPS) is 16.1. The highest BCUT2D eigenvalue weighted by molar-refractivity contribution is 7.90. The van der Waals surface area contributed by atoms with Gasteiger partial charge in [-0.2, -0.15) is 13.9 Å². The zero-order valence-corrected chi connectivity index (χ0v) is 19.4. The summed E-state index contributed by atoms with van der Waals surface area (Å²) in [6, 6.07) is 7.67. The molecule has 8 nitrogen and oxygen atoms in total. The first-order chi connectivity index (χ1) is 16.7. The molecule has 35 heavy (non-hydrogen) atoms. The number of para-hydroxylation sites is 1. The molecule has 0 N–H and O–H groups in total. The molecule has 1 atom stereocenters. The van der Waals surface area contributed by atoms with E-state index in [1.807, 2.05) is 0 Å². The van der Waals surface area contributed by atoms with Crippen molar-refractivity contribution in [2.75, 3.05) is 18.6 Å². The third-order valence-corrected chi connectivity index (χ3v) is 6.67. The van der Waals surface area contributed by atoms with Crippen LogP contribution in [0.25, 0.3) is 16.8 Å². The van der Waals surface area contributed by atoms with Gasteiger partial charge in [-0.1, -0.05) is 18.2 Å². The lowest BCUT2D eigenvalue weighted by Gasteiger charge is -2.25. The maximum absolute atomic E-state index is 15.1. The van der Waals surface area contributed by atoms with Crippen molar-refractivity contribution in [1.29, 1.82) is 0 Å². The minimum Gasteiger partial charge on any atom is -0.434 e. The molecule has 0 bridgehead atoms. The van der Waals surface area contributed by atoms with Crippen LogP contribution in [0, 0.1) is 5.82 Å². The molecule has 0 amide bonds. The molecule has 1 aliphatic heterocycles. The molecule has 5 rings (SSSR count). The Bertz CT molecular complexity index is 1500. The van der Waals surface area contributed by atoms with Crippen LogP contribution < -0.4 is 4.74 Å². The molecule has 0 aliphatic carbocycles. The largest absolute Gasteiger partial charge is 0.434 e. The summed E-state index contributed by atoms with van der Waals surface area (Å²) < 4.78 is 77.8. The number of aryl methyl sites for hydroxylation is 1. The maximum atomic E-state index is 15.1. The molecule has 0 saturated heterocycles. The number of hydrogen-bond donors (Lipinski definition) is 0. The molecule has 4 heterocycles. The second-order valence-corrected chi connectivity index (χ2v) is 10.5.